The molecular formula is C16H22N2O3S. The second-order valence-electron chi connectivity index (χ2n) is 5.60. The van der Waals surface area contributed by atoms with Crippen LogP contribution in [0.15, 0.2) is 28.7 Å². The molecule has 0 aliphatic carbocycles. The molecule has 1 amide bonds. The van der Waals surface area contributed by atoms with Gasteiger partial charge in [0.25, 0.3) is 0 Å². The first-order valence-electron chi connectivity index (χ1n) is 7.16. The number of carbonyl (C=O) groups is 1. The van der Waals surface area contributed by atoms with Crippen molar-refractivity contribution < 1.29 is 14.1 Å². The Kier molecular flexibility index (Phi) is 5.50. The fourth-order valence-electron chi connectivity index (χ4n) is 2.67. The van der Waals surface area contributed by atoms with Crippen LogP contribution in [0.3, 0.4) is 0 Å². The van der Waals surface area contributed by atoms with Crippen LogP contribution < -0.4 is 15.6 Å². The van der Waals surface area contributed by atoms with E-state index in [1.807, 2.05) is 32.1 Å². The Balaban J connectivity index is 2.29. The van der Waals surface area contributed by atoms with Crippen LogP contribution in [0.25, 0.3) is 6.08 Å². The number of benzene rings is 1. The van der Waals surface area contributed by atoms with Gasteiger partial charge in [-0.1, -0.05) is 12.5 Å². The van der Waals surface area contributed by atoms with Crippen molar-refractivity contribution in [2.45, 2.75) is 31.2 Å². The third-order valence-electron chi connectivity index (χ3n) is 3.85. The second kappa shape index (κ2) is 7.17. The molecule has 5 nitrogen and oxygen atoms in total. The van der Waals surface area contributed by atoms with Gasteiger partial charge in [-0.15, -0.1) is 0 Å². The zero-order chi connectivity index (χ0) is 16.3. The van der Waals surface area contributed by atoms with Gasteiger partial charge in [0.1, 0.15) is 12.0 Å². The van der Waals surface area contributed by atoms with Gasteiger partial charge >= 0.3 is 0 Å². The number of amides is 1. The summed E-state index contributed by atoms with van der Waals surface area (Å²) in [5.74, 6) is 0.909. The summed E-state index contributed by atoms with van der Waals surface area (Å²) < 4.78 is 17.1. The summed E-state index contributed by atoms with van der Waals surface area (Å²) in [5.41, 5.74) is 7.71. The van der Waals surface area contributed by atoms with Gasteiger partial charge in [0.05, 0.1) is 13.2 Å². The number of carbonyl (C=O) groups excluding carboxylic acids is 1. The minimum Gasteiger partial charge on any atom is -0.612 e. The van der Waals surface area contributed by atoms with Crippen molar-refractivity contribution in [3.63, 3.8) is 0 Å². The van der Waals surface area contributed by atoms with E-state index < -0.39 is 11.2 Å². The highest BCUT2D eigenvalue weighted by Gasteiger charge is 2.26. The molecule has 0 spiro atoms. The SMILES string of the molecule is COc1ccc(/C=C(\C)C2NNC(=O)CC2C)c([S+](C)[O-])c1. The van der Waals surface area contributed by atoms with E-state index in [0.717, 1.165) is 16.0 Å². The maximum Gasteiger partial charge on any atom is 0.234 e. The van der Waals surface area contributed by atoms with Crippen molar-refractivity contribution in [3.8, 4) is 5.75 Å². The molecular weight excluding hydrogens is 300 g/mol. The lowest BCUT2D eigenvalue weighted by Crippen LogP contribution is -2.53. The molecule has 2 rings (SSSR count). The normalized spacial score (nSPS) is 23.9. The molecule has 1 aliphatic heterocycles. The van der Waals surface area contributed by atoms with Gasteiger partial charge in [0.2, 0.25) is 5.91 Å². The Labute approximate surface area is 134 Å². The Morgan fingerprint density at radius 3 is 2.82 bits per heavy atom. The first-order valence-corrected chi connectivity index (χ1v) is 8.72. The largest absolute Gasteiger partial charge is 0.612 e. The van der Waals surface area contributed by atoms with Gasteiger partial charge in [-0.05, 0) is 42.2 Å². The molecule has 22 heavy (non-hydrogen) atoms. The third kappa shape index (κ3) is 3.82. The Morgan fingerprint density at radius 1 is 1.50 bits per heavy atom. The van der Waals surface area contributed by atoms with Crippen molar-refractivity contribution in [1.82, 2.24) is 10.9 Å². The monoisotopic (exact) mass is 322 g/mol. The van der Waals surface area contributed by atoms with Crippen LogP contribution in [0.4, 0.5) is 0 Å². The topological polar surface area (TPSA) is 73.4 Å². The van der Waals surface area contributed by atoms with Gasteiger partial charge < -0.3 is 9.29 Å². The van der Waals surface area contributed by atoms with Crippen molar-refractivity contribution in [3.05, 3.63) is 29.3 Å². The lowest BCUT2D eigenvalue weighted by molar-refractivity contribution is -0.125. The van der Waals surface area contributed by atoms with Gasteiger partial charge in [-0.2, -0.15) is 0 Å². The average molecular weight is 322 g/mol. The highest BCUT2D eigenvalue weighted by Crippen LogP contribution is 2.26. The maximum absolute atomic E-state index is 12.0. The molecule has 0 saturated carbocycles. The number of methoxy groups -OCH3 is 1. The van der Waals surface area contributed by atoms with Crippen molar-refractivity contribution in [2.24, 2.45) is 5.92 Å². The molecule has 1 aliphatic rings. The number of hydrogen-bond donors (Lipinski definition) is 2. The average Bonchev–Trinajstić information content (AvgIpc) is 2.47. The van der Waals surface area contributed by atoms with E-state index >= 15 is 0 Å². The Hall–Kier alpha value is -1.50. The van der Waals surface area contributed by atoms with Crippen LogP contribution in [0.5, 0.6) is 5.75 Å². The number of ether oxygens (including phenoxy) is 1. The van der Waals surface area contributed by atoms with E-state index in [2.05, 4.69) is 10.9 Å². The summed E-state index contributed by atoms with van der Waals surface area (Å²) >= 11 is -1.10. The van der Waals surface area contributed by atoms with Crippen LogP contribution in [-0.2, 0) is 16.0 Å². The van der Waals surface area contributed by atoms with Gasteiger partial charge in [-0.25, -0.2) is 5.43 Å². The molecule has 1 fully saturated rings. The van der Waals surface area contributed by atoms with E-state index in [4.69, 9.17) is 4.74 Å². The van der Waals surface area contributed by atoms with Gasteiger partial charge in [-0.3, -0.25) is 10.2 Å². The third-order valence-corrected chi connectivity index (χ3v) is 4.82. The van der Waals surface area contributed by atoms with Crippen molar-refractivity contribution >= 4 is 23.2 Å². The van der Waals surface area contributed by atoms with E-state index in [9.17, 15) is 9.35 Å². The number of hydrazine groups is 1. The lowest BCUT2D eigenvalue weighted by Gasteiger charge is -2.30. The van der Waals surface area contributed by atoms with E-state index in [1.54, 1.807) is 19.4 Å². The number of nitrogens with one attached hydrogen (secondary N) is 2. The van der Waals surface area contributed by atoms with E-state index in [1.165, 1.54) is 0 Å². The van der Waals surface area contributed by atoms with Crippen LogP contribution >= 0.6 is 0 Å². The molecule has 3 atom stereocenters. The number of hydrogen-bond acceptors (Lipinski definition) is 4. The van der Waals surface area contributed by atoms with Crippen LogP contribution in [-0.4, -0.2) is 29.9 Å². The minimum absolute atomic E-state index is 0.0105. The van der Waals surface area contributed by atoms with Gasteiger partial charge in [0.15, 0.2) is 4.90 Å². The van der Waals surface area contributed by atoms with Crippen molar-refractivity contribution in [2.75, 3.05) is 13.4 Å². The minimum atomic E-state index is -1.10. The number of rotatable bonds is 4. The molecule has 0 bridgehead atoms. The van der Waals surface area contributed by atoms with E-state index in [0.29, 0.717) is 12.2 Å². The summed E-state index contributed by atoms with van der Waals surface area (Å²) in [6, 6.07) is 5.63. The molecule has 1 aromatic rings. The fraction of sp³-hybridized carbons (Fsp3) is 0.438. The van der Waals surface area contributed by atoms with Crippen LogP contribution in [0.1, 0.15) is 25.8 Å². The Bertz CT molecular complexity index is 587. The molecule has 1 aromatic carbocycles. The molecule has 2 N–H and O–H groups in total. The zero-order valence-corrected chi connectivity index (χ0v) is 14.1. The summed E-state index contributed by atoms with van der Waals surface area (Å²) in [6.07, 6.45) is 4.17. The molecule has 0 radical (unpaired) electrons. The van der Waals surface area contributed by atoms with E-state index in [-0.39, 0.29) is 17.9 Å². The standard InChI is InChI=1S/C16H22N2O3S/c1-10(16-11(2)8-15(19)17-18-16)7-12-5-6-13(21-3)9-14(12)22(4)20/h5-7,9,11,16,18H,8H2,1-4H3,(H,17,19)/b10-7+. The predicted molar refractivity (Wildman–Crippen MR) is 87.8 cm³/mol. The maximum atomic E-state index is 12.0. The second-order valence-corrected chi connectivity index (χ2v) is 6.95. The highest BCUT2D eigenvalue weighted by atomic mass is 32.2. The highest BCUT2D eigenvalue weighted by molar-refractivity contribution is 7.90. The first-order chi connectivity index (χ1) is 10.4. The molecule has 120 valence electrons. The Morgan fingerprint density at radius 2 is 2.23 bits per heavy atom. The smallest absolute Gasteiger partial charge is 0.234 e. The molecule has 1 heterocycles. The predicted octanol–water partition coefficient (Wildman–Crippen LogP) is 1.87. The quantitative estimate of drug-likeness (QED) is 0.830. The fourth-order valence-corrected chi connectivity index (χ4v) is 3.41. The molecule has 0 aromatic heterocycles. The molecule has 1 saturated heterocycles. The lowest BCUT2D eigenvalue weighted by atomic mass is 9.90. The summed E-state index contributed by atoms with van der Waals surface area (Å²) in [7, 11) is 1.59. The first kappa shape index (κ1) is 16.9. The van der Waals surface area contributed by atoms with Crippen LogP contribution in [0.2, 0.25) is 0 Å². The van der Waals surface area contributed by atoms with Crippen molar-refractivity contribution in [1.29, 1.82) is 0 Å². The van der Waals surface area contributed by atoms with Gasteiger partial charge in [0, 0.05) is 18.1 Å². The molecule has 6 heteroatoms. The zero-order valence-electron chi connectivity index (χ0n) is 13.3. The molecule has 3 unspecified atom stereocenters. The summed E-state index contributed by atoms with van der Waals surface area (Å²) in [6.45, 7) is 4.05. The summed E-state index contributed by atoms with van der Waals surface area (Å²) in [5, 5.41) is 0. The van der Waals surface area contributed by atoms with Crippen LogP contribution in [0, 0.1) is 5.92 Å². The summed E-state index contributed by atoms with van der Waals surface area (Å²) in [4.78, 5) is 12.1.